The molecular formula is C20H23N3O2. The van der Waals surface area contributed by atoms with Crippen LogP contribution in [-0.2, 0) is 13.0 Å². The number of nitrogens with zero attached hydrogens (tertiary/aromatic N) is 2. The predicted octanol–water partition coefficient (Wildman–Crippen LogP) is 0.801. The van der Waals surface area contributed by atoms with Gasteiger partial charge in [-0.05, 0) is 54.3 Å². The summed E-state index contributed by atoms with van der Waals surface area (Å²) >= 11 is 0. The lowest BCUT2D eigenvalue weighted by atomic mass is 10.1. The SMILES string of the molecule is C[NH2+]CCc1nc2cc(C)c(C)cc2n1Cc1cccc(C(=O)[O-])c1. The molecule has 0 saturated heterocycles. The number of nitrogens with two attached hydrogens (primary N) is 1. The molecule has 0 radical (unpaired) electrons. The van der Waals surface area contributed by atoms with E-state index in [-0.39, 0.29) is 5.56 Å². The molecule has 5 heteroatoms. The van der Waals surface area contributed by atoms with Gasteiger partial charge in [-0.25, -0.2) is 4.98 Å². The molecule has 0 spiro atoms. The summed E-state index contributed by atoms with van der Waals surface area (Å²) in [6.45, 7) is 5.75. The van der Waals surface area contributed by atoms with Gasteiger partial charge in [0.25, 0.3) is 0 Å². The minimum absolute atomic E-state index is 0.206. The number of carbonyl (C=O) groups is 1. The number of hydrogen-bond acceptors (Lipinski definition) is 3. The number of quaternary nitrogens is 1. The van der Waals surface area contributed by atoms with Gasteiger partial charge >= 0.3 is 0 Å². The van der Waals surface area contributed by atoms with E-state index in [4.69, 9.17) is 4.98 Å². The Kier molecular flexibility index (Phi) is 4.86. The van der Waals surface area contributed by atoms with Gasteiger partial charge in [-0.3, -0.25) is 0 Å². The average Bonchev–Trinajstić information content (AvgIpc) is 2.90. The van der Waals surface area contributed by atoms with Crippen LogP contribution in [0.4, 0.5) is 0 Å². The van der Waals surface area contributed by atoms with Gasteiger partial charge in [0.1, 0.15) is 5.82 Å². The number of aryl methyl sites for hydroxylation is 2. The number of hydrogen-bond donors (Lipinski definition) is 1. The highest BCUT2D eigenvalue weighted by Crippen LogP contribution is 2.22. The molecular weight excluding hydrogens is 314 g/mol. The summed E-state index contributed by atoms with van der Waals surface area (Å²) in [4.78, 5) is 15.9. The Balaban J connectivity index is 2.07. The van der Waals surface area contributed by atoms with Gasteiger partial charge in [-0.15, -0.1) is 0 Å². The molecule has 2 aromatic carbocycles. The fraction of sp³-hybridized carbons (Fsp3) is 0.300. The van der Waals surface area contributed by atoms with E-state index in [2.05, 4.69) is 35.9 Å². The van der Waals surface area contributed by atoms with Crippen molar-refractivity contribution in [2.45, 2.75) is 26.8 Å². The molecule has 25 heavy (non-hydrogen) atoms. The maximum absolute atomic E-state index is 11.1. The second-order valence-corrected chi connectivity index (χ2v) is 6.47. The highest BCUT2D eigenvalue weighted by molar-refractivity contribution is 5.86. The molecule has 0 unspecified atom stereocenters. The minimum atomic E-state index is -1.15. The second kappa shape index (κ2) is 7.07. The van der Waals surface area contributed by atoms with Gasteiger partial charge in [0.15, 0.2) is 0 Å². The Labute approximate surface area is 147 Å². The number of carboxylic acid groups (broad SMARTS) is 1. The van der Waals surface area contributed by atoms with Gasteiger partial charge in [-0.1, -0.05) is 18.2 Å². The molecule has 5 nitrogen and oxygen atoms in total. The number of rotatable bonds is 6. The molecule has 0 saturated carbocycles. The maximum atomic E-state index is 11.1. The molecule has 0 bridgehead atoms. The van der Waals surface area contributed by atoms with Crippen molar-refractivity contribution in [2.75, 3.05) is 13.6 Å². The number of fused-ring (bicyclic) bond motifs is 1. The van der Waals surface area contributed by atoms with Crippen molar-refractivity contribution < 1.29 is 15.2 Å². The van der Waals surface area contributed by atoms with Crippen molar-refractivity contribution in [3.63, 3.8) is 0 Å². The third-order valence-electron chi connectivity index (χ3n) is 4.60. The lowest BCUT2D eigenvalue weighted by molar-refractivity contribution is -0.626. The standard InChI is InChI=1S/C20H23N3O2/c1-13-9-17-18(10-14(13)2)23(19(22-17)7-8-21-3)12-15-5-4-6-16(11-15)20(24)25/h4-6,9-11,21H,7-8,12H2,1-3H3,(H,24,25). The van der Waals surface area contributed by atoms with Crippen molar-refractivity contribution >= 4 is 17.0 Å². The van der Waals surface area contributed by atoms with E-state index < -0.39 is 5.97 Å². The average molecular weight is 337 g/mol. The molecule has 2 N–H and O–H groups in total. The highest BCUT2D eigenvalue weighted by atomic mass is 16.4. The Morgan fingerprint density at radius 1 is 1.20 bits per heavy atom. The van der Waals surface area contributed by atoms with Crippen LogP contribution >= 0.6 is 0 Å². The number of aromatic carboxylic acids is 1. The topological polar surface area (TPSA) is 74.6 Å². The Morgan fingerprint density at radius 3 is 2.68 bits per heavy atom. The van der Waals surface area contributed by atoms with Crippen LogP contribution in [0.1, 0.15) is 32.9 Å². The summed E-state index contributed by atoms with van der Waals surface area (Å²) in [6.07, 6.45) is 0.865. The van der Waals surface area contributed by atoms with Crippen molar-refractivity contribution in [1.29, 1.82) is 0 Å². The second-order valence-electron chi connectivity index (χ2n) is 6.47. The number of carboxylic acids is 1. The number of carbonyl (C=O) groups excluding carboxylic acids is 1. The van der Waals surface area contributed by atoms with Crippen LogP contribution in [-0.4, -0.2) is 29.1 Å². The third-order valence-corrected chi connectivity index (χ3v) is 4.60. The number of benzene rings is 2. The summed E-state index contributed by atoms with van der Waals surface area (Å²) in [6, 6.07) is 11.2. The fourth-order valence-electron chi connectivity index (χ4n) is 3.05. The maximum Gasteiger partial charge on any atom is 0.115 e. The van der Waals surface area contributed by atoms with Gasteiger partial charge in [0.2, 0.25) is 0 Å². The summed E-state index contributed by atoms with van der Waals surface area (Å²) in [5.41, 5.74) is 5.67. The van der Waals surface area contributed by atoms with Gasteiger partial charge in [0, 0.05) is 6.54 Å². The highest BCUT2D eigenvalue weighted by Gasteiger charge is 2.13. The number of aromatic nitrogens is 2. The van der Waals surface area contributed by atoms with E-state index in [1.165, 1.54) is 11.1 Å². The van der Waals surface area contributed by atoms with Crippen molar-refractivity contribution in [3.8, 4) is 0 Å². The fourth-order valence-corrected chi connectivity index (χ4v) is 3.05. The smallest absolute Gasteiger partial charge is 0.115 e. The predicted molar refractivity (Wildman–Crippen MR) is 95.5 cm³/mol. The van der Waals surface area contributed by atoms with Crippen molar-refractivity contribution in [3.05, 3.63) is 64.5 Å². The molecule has 0 aliphatic heterocycles. The van der Waals surface area contributed by atoms with Crippen LogP contribution in [0.15, 0.2) is 36.4 Å². The van der Waals surface area contributed by atoms with Crippen LogP contribution in [0.5, 0.6) is 0 Å². The Hall–Kier alpha value is -2.66. The van der Waals surface area contributed by atoms with E-state index >= 15 is 0 Å². The summed E-state index contributed by atoms with van der Waals surface area (Å²) < 4.78 is 2.19. The normalized spacial score (nSPS) is 11.2. The summed E-state index contributed by atoms with van der Waals surface area (Å²) in [5.74, 6) is -0.124. The van der Waals surface area contributed by atoms with Crippen LogP contribution in [0.2, 0.25) is 0 Å². The first-order valence-corrected chi connectivity index (χ1v) is 8.54. The van der Waals surface area contributed by atoms with Crippen LogP contribution in [0.3, 0.4) is 0 Å². The first kappa shape index (κ1) is 17.2. The molecule has 0 amide bonds. The zero-order valence-corrected chi connectivity index (χ0v) is 14.9. The van der Waals surface area contributed by atoms with E-state index in [0.29, 0.717) is 6.54 Å². The van der Waals surface area contributed by atoms with E-state index in [9.17, 15) is 9.90 Å². The number of likely N-dealkylation sites (N-methyl/N-ethyl adjacent to an activating group) is 1. The third kappa shape index (κ3) is 3.56. The lowest BCUT2D eigenvalue weighted by Gasteiger charge is -2.11. The lowest BCUT2D eigenvalue weighted by Crippen LogP contribution is -2.80. The molecule has 3 aromatic rings. The minimum Gasteiger partial charge on any atom is -0.545 e. The van der Waals surface area contributed by atoms with E-state index in [1.54, 1.807) is 18.2 Å². The van der Waals surface area contributed by atoms with E-state index in [0.717, 1.165) is 35.4 Å². The Bertz CT molecular complexity index is 928. The molecule has 130 valence electrons. The van der Waals surface area contributed by atoms with Crippen LogP contribution in [0.25, 0.3) is 11.0 Å². The molecule has 3 rings (SSSR count). The van der Waals surface area contributed by atoms with Gasteiger partial charge < -0.3 is 19.8 Å². The monoisotopic (exact) mass is 337 g/mol. The van der Waals surface area contributed by atoms with Crippen LogP contribution in [0, 0.1) is 13.8 Å². The largest absolute Gasteiger partial charge is 0.545 e. The summed E-state index contributed by atoms with van der Waals surface area (Å²) in [5, 5.41) is 13.3. The molecule has 0 aliphatic rings. The quantitative estimate of drug-likeness (QED) is 0.723. The molecule has 0 aliphatic carbocycles. The molecule has 1 aromatic heterocycles. The van der Waals surface area contributed by atoms with E-state index in [1.807, 2.05) is 13.1 Å². The molecule has 0 atom stereocenters. The van der Waals surface area contributed by atoms with Crippen molar-refractivity contribution in [2.24, 2.45) is 0 Å². The Morgan fingerprint density at radius 2 is 1.96 bits per heavy atom. The first-order chi connectivity index (χ1) is 12.0. The number of imidazole rings is 1. The summed E-state index contributed by atoms with van der Waals surface area (Å²) in [7, 11) is 2.05. The first-order valence-electron chi connectivity index (χ1n) is 8.54. The zero-order chi connectivity index (χ0) is 18.0. The van der Waals surface area contributed by atoms with Crippen molar-refractivity contribution in [1.82, 2.24) is 9.55 Å². The molecule has 1 heterocycles. The van der Waals surface area contributed by atoms with Crippen LogP contribution < -0.4 is 10.4 Å². The zero-order valence-electron chi connectivity index (χ0n) is 14.9. The molecule has 0 fully saturated rings. The van der Waals surface area contributed by atoms with Gasteiger partial charge in [0.05, 0.1) is 37.0 Å². The van der Waals surface area contributed by atoms with Gasteiger partial charge in [-0.2, -0.15) is 0 Å².